The van der Waals surface area contributed by atoms with Crippen LogP contribution in [0, 0.1) is 6.92 Å². The van der Waals surface area contributed by atoms with Gasteiger partial charge < -0.3 is 14.8 Å². The molecule has 0 saturated carbocycles. The molecule has 0 spiro atoms. The zero-order valence-corrected chi connectivity index (χ0v) is 17.6. The largest absolute Gasteiger partial charge is 0.497 e. The number of carbonyl (C=O) groups is 2. The Hall–Kier alpha value is -3.06. The molecule has 0 radical (unpaired) electrons. The first kappa shape index (κ1) is 22.2. The summed E-state index contributed by atoms with van der Waals surface area (Å²) in [6.45, 7) is 3.56. The molecule has 29 heavy (non-hydrogen) atoms. The van der Waals surface area contributed by atoms with Crippen LogP contribution in [0.3, 0.4) is 0 Å². The maximum Gasteiger partial charge on any atom is 0.240 e. The second kappa shape index (κ2) is 10.5. The standard InChI is InChI=1S/C21H24ClN3O4/c1-13-17(22)6-5-7-18(13)23-20(26)10-11-21(27)25-24-14(2)16-9-8-15(28-3)12-19(16)29-4/h5-9,12H,10-11H2,1-4H3,(H,23,26)(H,25,27)/b24-14+. The lowest BCUT2D eigenvalue weighted by atomic mass is 10.1. The van der Waals surface area contributed by atoms with Crippen molar-refractivity contribution >= 4 is 34.8 Å². The van der Waals surface area contributed by atoms with E-state index in [1.807, 2.05) is 6.92 Å². The van der Waals surface area contributed by atoms with Crippen LogP contribution in [0.2, 0.25) is 5.02 Å². The highest BCUT2D eigenvalue weighted by Crippen LogP contribution is 2.25. The molecule has 2 amide bonds. The third kappa shape index (κ3) is 6.22. The third-order valence-corrected chi connectivity index (χ3v) is 4.68. The van der Waals surface area contributed by atoms with Gasteiger partial charge in [0.05, 0.1) is 19.9 Å². The molecule has 0 aromatic heterocycles. The normalized spacial score (nSPS) is 11.0. The first-order valence-corrected chi connectivity index (χ1v) is 9.34. The number of amides is 2. The lowest BCUT2D eigenvalue weighted by Gasteiger charge is -2.10. The van der Waals surface area contributed by atoms with E-state index < -0.39 is 0 Å². The number of anilines is 1. The minimum absolute atomic E-state index is 0.00196. The number of methoxy groups -OCH3 is 2. The van der Waals surface area contributed by atoms with E-state index in [2.05, 4.69) is 15.8 Å². The van der Waals surface area contributed by atoms with E-state index in [1.54, 1.807) is 57.5 Å². The average molecular weight is 418 g/mol. The number of ether oxygens (including phenoxy) is 2. The van der Waals surface area contributed by atoms with Crippen molar-refractivity contribution in [1.82, 2.24) is 5.43 Å². The monoisotopic (exact) mass is 417 g/mol. The zero-order valence-electron chi connectivity index (χ0n) is 16.8. The molecule has 0 saturated heterocycles. The molecule has 154 valence electrons. The molecule has 0 heterocycles. The number of rotatable bonds is 8. The summed E-state index contributed by atoms with van der Waals surface area (Å²) in [6.07, 6.45) is 0.0280. The van der Waals surface area contributed by atoms with Crippen molar-refractivity contribution in [2.45, 2.75) is 26.7 Å². The summed E-state index contributed by atoms with van der Waals surface area (Å²) in [6, 6.07) is 10.6. The molecular formula is C21H24ClN3O4. The van der Waals surface area contributed by atoms with E-state index in [9.17, 15) is 9.59 Å². The van der Waals surface area contributed by atoms with Crippen LogP contribution in [0.15, 0.2) is 41.5 Å². The summed E-state index contributed by atoms with van der Waals surface area (Å²) in [5.74, 6) is 0.595. The molecule has 2 N–H and O–H groups in total. The van der Waals surface area contributed by atoms with Crippen molar-refractivity contribution in [2.24, 2.45) is 5.10 Å². The minimum Gasteiger partial charge on any atom is -0.497 e. The fourth-order valence-corrected chi connectivity index (χ4v) is 2.72. The highest BCUT2D eigenvalue weighted by molar-refractivity contribution is 6.31. The van der Waals surface area contributed by atoms with Crippen LogP contribution in [0.5, 0.6) is 11.5 Å². The molecule has 8 heteroatoms. The molecule has 0 aliphatic heterocycles. The van der Waals surface area contributed by atoms with Crippen molar-refractivity contribution < 1.29 is 19.1 Å². The van der Waals surface area contributed by atoms with Crippen LogP contribution in [0.1, 0.15) is 30.9 Å². The van der Waals surface area contributed by atoms with Crippen molar-refractivity contribution in [3.05, 3.63) is 52.5 Å². The fourth-order valence-electron chi connectivity index (χ4n) is 2.54. The summed E-state index contributed by atoms with van der Waals surface area (Å²) < 4.78 is 10.5. The smallest absolute Gasteiger partial charge is 0.240 e. The van der Waals surface area contributed by atoms with E-state index in [0.717, 1.165) is 11.1 Å². The van der Waals surface area contributed by atoms with E-state index in [1.165, 1.54) is 0 Å². The molecule has 0 aliphatic rings. The summed E-state index contributed by atoms with van der Waals surface area (Å²) in [7, 11) is 3.11. The molecule has 2 rings (SSSR count). The highest BCUT2D eigenvalue weighted by atomic mass is 35.5. The molecule has 0 aliphatic carbocycles. The van der Waals surface area contributed by atoms with E-state index in [0.29, 0.717) is 27.9 Å². The van der Waals surface area contributed by atoms with Crippen LogP contribution in [-0.2, 0) is 9.59 Å². The SMILES string of the molecule is COc1ccc(/C(C)=N/NC(=O)CCC(=O)Nc2cccc(Cl)c2C)c(OC)c1. The van der Waals surface area contributed by atoms with Gasteiger partial charge in [0.15, 0.2) is 0 Å². The van der Waals surface area contributed by atoms with Crippen LogP contribution < -0.4 is 20.2 Å². The lowest BCUT2D eigenvalue weighted by Crippen LogP contribution is -2.22. The molecule has 0 atom stereocenters. The Labute approximate surface area is 175 Å². The van der Waals surface area contributed by atoms with Crippen molar-refractivity contribution in [3.63, 3.8) is 0 Å². The first-order chi connectivity index (χ1) is 13.8. The molecule has 0 unspecified atom stereocenters. The Balaban J connectivity index is 1.90. The minimum atomic E-state index is -0.366. The van der Waals surface area contributed by atoms with Gasteiger partial charge in [0.25, 0.3) is 0 Å². The predicted octanol–water partition coefficient (Wildman–Crippen LogP) is 3.92. The second-order valence-electron chi connectivity index (χ2n) is 6.26. The van der Waals surface area contributed by atoms with Gasteiger partial charge in [-0.15, -0.1) is 0 Å². The van der Waals surface area contributed by atoms with Gasteiger partial charge in [0.2, 0.25) is 11.8 Å². The van der Waals surface area contributed by atoms with Gasteiger partial charge >= 0.3 is 0 Å². The van der Waals surface area contributed by atoms with Gasteiger partial charge in [-0.25, -0.2) is 5.43 Å². The van der Waals surface area contributed by atoms with E-state index in [-0.39, 0.29) is 24.7 Å². The van der Waals surface area contributed by atoms with E-state index in [4.69, 9.17) is 21.1 Å². The van der Waals surface area contributed by atoms with Gasteiger partial charge in [-0.2, -0.15) is 5.10 Å². The molecule has 2 aromatic rings. The first-order valence-electron chi connectivity index (χ1n) is 8.96. The Morgan fingerprint density at radius 2 is 1.79 bits per heavy atom. The van der Waals surface area contributed by atoms with Gasteiger partial charge in [-0.1, -0.05) is 17.7 Å². The van der Waals surface area contributed by atoms with Crippen LogP contribution in [-0.4, -0.2) is 31.7 Å². The van der Waals surface area contributed by atoms with Crippen LogP contribution in [0.4, 0.5) is 5.69 Å². The second-order valence-corrected chi connectivity index (χ2v) is 6.67. The highest BCUT2D eigenvalue weighted by Gasteiger charge is 2.11. The number of carbonyl (C=O) groups excluding carboxylic acids is 2. The Kier molecular flexibility index (Phi) is 8.03. The Morgan fingerprint density at radius 1 is 1.07 bits per heavy atom. The fraction of sp³-hybridized carbons (Fsp3) is 0.286. The Morgan fingerprint density at radius 3 is 2.48 bits per heavy atom. The van der Waals surface area contributed by atoms with Crippen LogP contribution in [0.25, 0.3) is 0 Å². The number of hydrazone groups is 1. The summed E-state index contributed by atoms with van der Waals surface area (Å²) in [5, 5.41) is 7.42. The van der Waals surface area contributed by atoms with Crippen LogP contribution >= 0.6 is 11.6 Å². The van der Waals surface area contributed by atoms with Crippen molar-refractivity contribution in [1.29, 1.82) is 0 Å². The number of nitrogens with one attached hydrogen (secondary N) is 2. The van der Waals surface area contributed by atoms with Crippen molar-refractivity contribution in [3.8, 4) is 11.5 Å². The number of halogens is 1. The van der Waals surface area contributed by atoms with Gasteiger partial charge in [0, 0.05) is 35.2 Å². The number of benzene rings is 2. The molecule has 0 fully saturated rings. The molecule has 2 aromatic carbocycles. The lowest BCUT2D eigenvalue weighted by molar-refractivity contribution is -0.124. The summed E-state index contributed by atoms with van der Waals surface area (Å²) >= 11 is 6.04. The van der Waals surface area contributed by atoms with E-state index >= 15 is 0 Å². The number of hydrogen-bond donors (Lipinski definition) is 2. The zero-order chi connectivity index (χ0) is 21.4. The molecule has 0 bridgehead atoms. The van der Waals surface area contributed by atoms with Gasteiger partial charge in [-0.3, -0.25) is 9.59 Å². The van der Waals surface area contributed by atoms with Crippen molar-refractivity contribution in [2.75, 3.05) is 19.5 Å². The molecule has 7 nitrogen and oxygen atoms in total. The quantitative estimate of drug-likeness (QED) is 0.503. The maximum atomic E-state index is 12.1. The van der Waals surface area contributed by atoms with Gasteiger partial charge in [-0.05, 0) is 43.7 Å². The predicted molar refractivity (Wildman–Crippen MR) is 114 cm³/mol. The third-order valence-electron chi connectivity index (χ3n) is 4.27. The Bertz CT molecular complexity index is 928. The summed E-state index contributed by atoms with van der Waals surface area (Å²) in [4.78, 5) is 24.1. The summed E-state index contributed by atoms with van der Waals surface area (Å²) in [5.41, 5.74) is 5.16. The average Bonchev–Trinajstić information content (AvgIpc) is 2.73. The molecular weight excluding hydrogens is 394 g/mol. The maximum absolute atomic E-state index is 12.1. The number of nitrogens with zero attached hydrogens (tertiary/aromatic N) is 1. The topological polar surface area (TPSA) is 89.0 Å². The number of hydrogen-bond acceptors (Lipinski definition) is 5. The van der Waals surface area contributed by atoms with Gasteiger partial charge in [0.1, 0.15) is 11.5 Å².